The SMILES string of the molecule is Cc1ccc(C)c(C(O)C2(N(C)C)CCCC(C)C2)c1. The van der Waals surface area contributed by atoms with Crippen molar-refractivity contribution in [3.05, 3.63) is 34.9 Å². The molecular weight excluding hydrogens is 246 g/mol. The van der Waals surface area contributed by atoms with Crippen molar-refractivity contribution in [2.75, 3.05) is 14.1 Å². The van der Waals surface area contributed by atoms with Crippen LogP contribution in [0.1, 0.15) is 55.4 Å². The minimum Gasteiger partial charge on any atom is -0.386 e. The lowest BCUT2D eigenvalue weighted by Gasteiger charge is -2.48. The van der Waals surface area contributed by atoms with Crippen LogP contribution in [-0.2, 0) is 0 Å². The van der Waals surface area contributed by atoms with Gasteiger partial charge in [-0.1, -0.05) is 43.5 Å². The Hall–Kier alpha value is -0.860. The Morgan fingerprint density at radius 3 is 2.60 bits per heavy atom. The number of aryl methyl sites for hydroxylation is 2. The minimum absolute atomic E-state index is 0.115. The molecule has 1 N–H and O–H groups in total. The number of rotatable bonds is 3. The van der Waals surface area contributed by atoms with E-state index in [1.807, 2.05) is 0 Å². The van der Waals surface area contributed by atoms with Crippen LogP contribution in [0, 0.1) is 19.8 Å². The molecule has 2 heteroatoms. The van der Waals surface area contributed by atoms with Gasteiger partial charge in [-0.05, 0) is 57.8 Å². The first-order valence-corrected chi connectivity index (χ1v) is 7.79. The molecule has 1 aliphatic carbocycles. The van der Waals surface area contributed by atoms with Gasteiger partial charge in [-0.25, -0.2) is 0 Å². The second-order valence-electron chi connectivity index (χ2n) is 6.96. The third-order valence-corrected chi connectivity index (χ3v) is 5.14. The molecule has 0 saturated heterocycles. The Kier molecular flexibility index (Phi) is 4.55. The lowest BCUT2D eigenvalue weighted by molar-refractivity contribution is -0.0453. The molecule has 0 spiro atoms. The summed E-state index contributed by atoms with van der Waals surface area (Å²) in [5.74, 6) is 0.686. The standard InChI is InChI=1S/C18H29NO/c1-13-8-9-15(3)16(11-13)17(20)18(19(4)5)10-6-7-14(2)12-18/h8-9,11,14,17,20H,6-7,10,12H2,1-5H3. The molecule has 1 aromatic rings. The van der Waals surface area contributed by atoms with Gasteiger partial charge in [-0.3, -0.25) is 0 Å². The molecule has 3 atom stereocenters. The van der Waals surface area contributed by atoms with Gasteiger partial charge in [0.15, 0.2) is 0 Å². The molecule has 20 heavy (non-hydrogen) atoms. The maximum Gasteiger partial charge on any atom is 0.0976 e. The van der Waals surface area contributed by atoms with Crippen LogP contribution in [-0.4, -0.2) is 29.6 Å². The quantitative estimate of drug-likeness (QED) is 0.906. The van der Waals surface area contributed by atoms with E-state index in [1.165, 1.54) is 24.0 Å². The van der Waals surface area contributed by atoms with Gasteiger partial charge in [0.05, 0.1) is 11.6 Å². The number of likely N-dealkylation sites (N-methyl/N-ethyl adjacent to an activating group) is 1. The molecule has 2 rings (SSSR count). The first kappa shape index (κ1) is 15.5. The van der Waals surface area contributed by atoms with Gasteiger partial charge < -0.3 is 10.0 Å². The van der Waals surface area contributed by atoms with E-state index in [-0.39, 0.29) is 5.54 Å². The van der Waals surface area contributed by atoms with Crippen molar-refractivity contribution in [3.8, 4) is 0 Å². The maximum atomic E-state index is 11.1. The molecule has 0 amide bonds. The van der Waals surface area contributed by atoms with Gasteiger partial charge in [0.2, 0.25) is 0 Å². The van der Waals surface area contributed by atoms with Crippen LogP contribution in [0.25, 0.3) is 0 Å². The van der Waals surface area contributed by atoms with E-state index >= 15 is 0 Å². The topological polar surface area (TPSA) is 23.5 Å². The molecule has 1 saturated carbocycles. The van der Waals surface area contributed by atoms with Crippen LogP contribution in [0.5, 0.6) is 0 Å². The number of benzene rings is 1. The second-order valence-corrected chi connectivity index (χ2v) is 6.96. The second kappa shape index (κ2) is 5.87. The van der Waals surface area contributed by atoms with Crippen molar-refractivity contribution in [2.45, 2.75) is 58.1 Å². The zero-order valence-electron chi connectivity index (χ0n) is 13.6. The molecule has 1 fully saturated rings. The molecule has 0 aromatic heterocycles. The monoisotopic (exact) mass is 275 g/mol. The van der Waals surface area contributed by atoms with E-state index in [0.29, 0.717) is 5.92 Å². The maximum absolute atomic E-state index is 11.1. The fraction of sp³-hybridized carbons (Fsp3) is 0.667. The minimum atomic E-state index is -0.403. The van der Waals surface area contributed by atoms with Crippen molar-refractivity contribution in [1.29, 1.82) is 0 Å². The number of hydrogen-bond donors (Lipinski definition) is 1. The van der Waals surface area contributed by atoms with Crippen LogP contribution >= 0.6 is 0 Å². The summed E-state index contributed by atoms with van der Waals surface area (Å²) in [5, 5.41) is 11.1. The van der Waals surface area contributed by atoms with E-state index in [2.05, 4.69) is 58.0 Å². The number of nitrogens with zero attached hydrogens (tertiary/aromatic N) is 1. The molecular formula is C18H29NO. The number of hydrogen-bond acceptors (Lipinski definition) is 2. The van der Waals surface area contributed by atoms with Gasteiger partial charge in [0, 0.05) is 0 Å². The zero-order valence-corrected chi connectivity index (χ0v) is 13.6. The van der Waals surface area contributed by atoms with E-state index in [1.54, 1.807) is 0 Å². The molecule has 0 radical (unpaired) electrons. The van der Waals surface area contributed by atoms with Crippen molar-refractivity contribution < 1.29 is 5.11 Å². The summed E-state index contributed by atoms with van der Waals surface area (Å²) in [6, 6.07) is 6.41. The molecule has 0 aliphatic heterocycles. The van der Waals surface area contributed by atoms with E-state index in [4.69, 9.17) is 0 Å². The largest absolute Gasteiger partial charge is 0.386 e. The third kappa shape index (κ3) is 2.77. The zero-order chi connectivity index (χ0) is 14.9. The molecule has 0 bridgehead atoms. The van der Waals surface area contributed by atoms with Crippen molar-refractivity contribution >= 4 is 0 Å². The van der Waals surface area contributed by atoms with Crippen LogP contribution in [0.2, 0.25) is 0 Å². The highest BCUT2D eigenvalue weighted by Crippen LogP contribution is 2.44. The molecule has 1 aliphatic rings. The van der Waals surface area contributed by atoms with Gasteiger partial charge in [0.1, 0.15) is 0 Å². The van der Waals surface area contributed by atoms with Crippen LogP contribution in [0.4, 0.5) is 0 Å². The highest BCUT2D eigenvalue weighted by Gasteiger charge is 2.44. The Balaban J connectivity index is 2.41. The van der Waals surface area contributed by atoms with E-state index in [0.717, 1.165) is 18.4 Å². The Bertz CT molecular complexity index is 468. The summed E-state index contributed by atoms with van der Waals surface area (Å²) >= 11 is 0. The van der Waals surface area contributed by atoms with E-state index < -0.39 is 6.10 Å². The highest BCUT2D eigenvalue weighted by atomic mass is 16.3. The molecule has 0 heterocycles. The van der Waals surface area contributed by atoms with Crippen molar-refractivity contribution in [3.63, 3.8) is 0 Å². The van der Waals surface area contributed by atoms with Gasteiger partial charge in [0.25, 0.3) is 0 Å². The number of aliphatic hydroxyl groups is 1. The summed E-state index contributed by atoms with van der Waals surface area (Å²) in [7, 11) is 4.23. The summed E-state index contributed by atoms with van der Waals surface area (Å²) in [4.78, 5) is 2.26. The molecule has 112 valence electrons. The lowest BCUT2D eigenvalue weighted by atomic mass is 9.70. The smallest absolute Gasteiger partial charge is 0.0976 e. The summed E-state index contributed by atoms with van der Waals surface area (Å²) in [5.41, 5.74) is 3.41. The molecule has 3 unspecified atom stereocenters. The van der Waals surface area contributed by atoms with Gasteiger partial charge >= 0.3 is 0 Å². The van der Waals surface area contributed by atoms with Crippen LogP contribution < -0.4 is 0 Å². The predicted octanol–water partition coefficient (Wildman–Crippen LogP) is 3.85. The van der Waals surface area contributed by atoms with E-state index in [9.17, 15) is 5.11 Å². The Morgan fingerprint density at radius 2 is 2.00 bits per heavy atom. The Morgan fingerprint density at radius 1 is 1.30 bits per heavy atom. The first-order chi connectivity index (χ1) is 9.36. The lowest BCUT2D eigenvalue weighted by Crippen LogP contribution is -2.52. The fourth-order valence-electron chi connectivity index (χ4n) is 3.81. The summed E-state index contributed by atoms with van der Waals surface area (Å²) < 4.78 is 0. The predicted molar refractivity (Wildman–Crippen MR) is 84.9 cm³/mol. The average Bonchev–Trinajstić information content (AvgIpc) is 2.40. The molecule has 1 aromatic carbocycles. The van der Waals surface area contributed by atoms with Crippen LogP contribution in [0.15, 0.2) is 18.2 Å². The van der Waals surface area contributed by atoms with Crippen molar-refractivity contribution in [1.82, 2.24) is 4.90 Å². The number of aliphatic hydroxyl groups excluding tert-OH is 1. The Labute approximate surface area is 123 Å². The summed E-state index contributed by atoms with van der Waals surface area (Å²) in [6.45, 7) is 6.52. The first-order valence-electron chi connectivity index (χ1n) is 7.79. The van der Waals surface area contributed by atoms with Gasteiger partial charge in [-0.15, -0.1) is 0 Å². The van der Waals surface area contributed by atoms with Crippen LogP contribution in [0.3, 0.4) is 0 Å². The van der Waals surface area contributed by atoms with Gasteiger partial charge in [-0.2, -0.15) is 0 Å². The highest BCUT2D eigenvalue weighted by molar-refractivity contribution is 5.34. The normalized spacial score (nSPS) is 28.6. The third-order valence-electron chi connectivity index (χ3n) is 5.14. The summed E-state index contributed by atoms with van der Waals surface area (Å²) in [6.07, 6.45) is 4.25. The van der Waals surface area contributed by atoms with Crippen molar-refractivity contribution in [2.24, 2.45) is 5.92 Å². The molecule has 2 nitrogen and oxygen atoms in total. The average molecular weight is 275 g/mol. The fourth-order valence-corrected chi connectivity index (χ4v) is 3.81.